The zero-order chi connectivity index (χ0) is 12.3. The number of nitrogens with one attached hydrogen (secondary N) is 2. The molecule has 2 aliphatic rings. The van der Waals surface area contributed by atoms with E-state index >= 15 is 0 Å². The standard InChI is InChI=1S/C11H20N2O3S/c14-11(8-10-2-1-5-12-10)13-9-3-6-17(15,16)7-4-9/h9-10,12H,1-8H2,(H,13,14). The summed E-state index contributed by atoms with van der Waals surface area (Å²) in [5, 5.41) is 6.22. The largest absolute Gasteiger partial charge is 0.353 e. The predicted molar refractivity (Wildman–Crippen MR) is 65.5 cm³/mol. The van der Waals surface area contributed by atoms with Gasteiger partial charge in [-0.3, -0.25) is 4.79 Å². The van der Waals surface area contributed by atoms with Crippen molar-refractivity contribution in [3.63, 3.8) is 0 Å². The van der Waals surface area contributed by atoms with Crippen LogP contribution in [0.3, 0.4) is 0 Å². The van der Waals surface area contributed by atoms with Gasteiger partial charge in [0.15, 0.2) is 0 Å². The van der Waals surface area contributed by atoms with Gasteiger partial charge in [0.25, 0.3) is 0 Å². The molecule has 0 aromatic rings. The number of sulfone groups is 1. The van der Waals surface area contributed by atoms with Gasteiger partial charge in [-0.25, -0.2) is 8.42 Å². The second kappa shape index (κ2) is 5.35. The number of rotatable bonds is 3. The Morgan fingerprint density at radius 2 is 1.94 bits per heavy atom. The quantitative estimate of drug-likeness (QED) is 0.738. The summed E-state index contributed by atoms with van der Waals surface area (Å²) in [6.07, 6.45) is 3.84. The van der Waals surface area contributed by atoms with Crippen LogP contribution in [0.25, 0.3) is 0 Å². The SMILES string of the molecule is O=C(CC1CCCN1)NC1CCS(=O)(=O)CC1. The minimum absolute atomic E-state index is 0.0485. The van der Waals surface area contributed by atoms with Crippen molar-refractivity contribution in [2.45, 2.75) is 44.2 Å². The Bertz CT molecular complexity index is 360. The van der Waals surface area contributed by atoms with Gasteiger partial charge in [0.2, 0.25) is 5.91 Å². The zero-order valence-corrected chi connectivity index (χ0v) is 10.8. The average Bonchev–Trinajstić information content (AvgIpc) is 2.74. The Morgan fingerprint density at radius 3 is 2.53 bits per heavy atom. The van der Waals surface area contributed by atoms with Crippen molar-refractivity contribution < 1.29 is 13.2 Å². The lowest BCUT2D eigenvalue weighted by Crippen LogP contribution is -2.42. The predicted octanol–water partition coefficient (Wildman–Crippen LogP) is -0.178. The highest BCUT2D eigenvalue weighted by molar-refractivity contribution is 7.91. The molecule has 98 valence electrons. The lowest BCUT2D eigenvalue weighted by molar-refractivity contribution is -0.122. The topological polar surface area (TPSA) is 75.3 Å². The highest BCUT2D eigenvalue weighted by atomic mass is 32.2. The number of carbonyl (C=O) groups excluding carboxylic acids is 1. The van der Waals surface area contributed by atoms with Gasteiger partial charge in [-0.2, -0.15) is 0 Å². The van der Waals surface area contributed by atoms with E-state index in [2.05, 4.69) is 10.6 Å². The summed E-state index contributed by atoms with van der Waals surface area (Å²) >= 11 is 0. The van der Waals surface area contributed by atoms with Gasteiger partial charge in [-0.1, -0.05) is 0 Å². The Balaban J connectivity index is 1.72. The van der Waals surface area contributed by atoms with Crippen molar-refractivity contribution in [3.05, 3.63) is 0 Å². The Kier molecular flexibility index (Phi) is 4.04. The van der Waals surface area contributed by atoms with Crippen molar-refractivity contribution >= 4 is 15.7 Å². The molecule has 0 saturated carbocycles. The molecule has 0 bridgehead atoms. The molecule has 0 aromatic heterocycles. The third kappa shape index (κ3) is 3.96. The molecule has 2 N–H and O–H groups in total. The molecule has 0 aromatic carbocycles. The molecule has 0 radical (unpaired) electrons. The van der Waals surface area contributed by atoms with Gasteiger partial charge < -0.3 is 10.6 Å². The van der Waals surface area contributed by atoms with E-state index in [1.807, 2.05) is 0 Å². The molecule has 0 spiro atoms. The van der Waals surface area contributed by atoms with Crippen LogP contribution >= 0.6 is 0 Å². The Morgan fingerprint density at radius 1 is 1.24 bits per heavy atom. The first-order valence-corrected chi connectivity index (χ1v) is 8.10. The number of hydrogen-bond donors (Lipinski definition) is 2. The fourth-order valence-corrected chi connectivity index (χ4v) is 3.97. The van der Waals surface area contributed by atoms with Crippen LogP contribution in [0, 0.1) is 0 Å². The van der Waals surface area contributed by atoms with Crippen LogP contribution in [-0.4, -0.2) is 44.5 Å². The van der Waals surface area contributed by atoms with Gasteiger partial charge >= 0.3 is 0 Å². The third-order valence-corrected chi connectivity index (χ3v) is 5.23. The first kappa shape index (κ1) is 12.8. The van der Waals surface area contributed by atoms with Crippen LogP contribution < -0.4 is 10.6 Å². The molecule has 6 heteroatoms. The van der Waals surface area contributed by atoms with Crippen molar-refractivity contribution in [1.82, 2.24) is 10.6 Å². The molecule has 0 aliphatic carbocycles. The van der Waals surface area contributed by atoms with Crippen LogP contribution in [-0.2, 0) is 14.6 Å². The molecule has 1 amide bonds. The monoisotopic (exact) mass is 260 g/mol. The zero-order valence-electron chi connectivity index (χ0n) is 9.94. The van der Waals surface area contributed by atoms with Gasteiger partial charge in [0.1, 0.15) is 9.84 Å². The lowest BCUT2D eigenvalue weighted by Gasteiger charge is -2.23. The minimum Gasteiger partial charge on any atom is -0.353 e. The Hall–Kier alpha value is -0.620. The maximum atomic E-state index is 11.7. The molecule has 1 unspecified atom stereocenters. The summed E-state index contributed by atoms with van der Waals surface area (Å²) in [5.74, 6) is 0.466. The number of carbonyl (C=O) groups is 1. The molecule has 2 fully saturated rings. The lowest BCUT2D eigenvalue weighted by atomic mass is 10.1. The summed E-state index contributed by atoms with van der Waals surface area (Å²) in [6.45, 7) is 1.000. The van der Waals surface area contributed by atoms with Crippen molar-refractivity contribution in [1.29, 1.82) is 0 Å². The van der Waals surface area contributed by atoms with E-state index in [9.17, 15) is 13.2 Å². The Labute approximate surface area is 102 Å². The van der Waals surface area contributed by atoms with Crippen molar-refractivity contribution in [2.24, 2.45) is 0 Å². The summed E-state index contributed by atoms with van der Waals surface area (Å²) in [5.41, 5.74) is 0. The van der Waals surface area contributed by atoms with E-state index in [4.69, 9.17) is 0 Å². The number of amides is 1. The second-order valence-electron chi connectivity index (χ2n) is 4.99. The normalized spacial score (nSPS) is 29.1. The average molecular weight is 260 g/mol. The molecule has 5 nitrogen and oxygen atoms in total. The highest BCUT2D eigenvalue weighted by Gasteiger charge is 2.25. The molecule has 17 heavy (non-hydrogen) atoms. The highest BCUT2D eigenvalue weighted by Crippen LogP contribution is 2.13. The minimum atomic E-state index is -2.84. The molecule has 2 heterocycles. The fourth-order valence-electron chi connectivity index (χ4n) is 2.48. The molecular formula is C11H20N2O3S. The van der Waals surface area contributed by atoms with E-state index in [0.717, 1.165) is 19.4 Å². The van der Waals surface area contributed by atoms with Gasteiger partial charge in [0.05, 0.1) is 11.5 Å². The van der Waals surface area contributed by atoms with Crippen LogP contribution in [0.5, 0.6) is 0 Å². The van der Waals surface area contributed by atoms with Gasteiger partial charge in [-0.15, -0.1) is 0 Å². The maximum absolute atomic E-state index is 11.7. The molecule has 2 saturated heterocycles. The van der Waals surface area contributed by atoms with Gasteiger partial charge in [-0.05, 0) is 32.2 Å². The van der Waals surface area contributed by atoms with Crippen LogP contribution in [0.4, 0.5) is 0 Å². The van der Waals surface area contributed by atoms with Crippen LogP contribution in [0.1, 0.15) is 32.1 Å². The van der Waals surface area contributed by atoms with E-state index < -0.39 is 9.84 Å². The summed E-state index contributed by atoms with van der Waals surface area (Å²) in [6, 6.07) is 0.356. The van der Waals surface area contributed by atoms with E-state index in [0.29, 0.717) is 25.3 Å². The third-order valence-electron chi connectivity index (χ3n) is 3.51. The molecule has 2 rings (SSSR count). The molecule has 1 atom stereocenters. The van der Waals surface area contributed by atoms with Gasteiger partial charge in [0, 0.05) is 18.5 Å². The first-order valence-electron chi connectivity index (χ1n) is 6.28. The van der Waals surface area contributed by atoms with Crippen molar-refractivity contribution in [2.75, 3.05) is 18.1 Å². The van der Waals surface area contributed by atoms with E-state index in [1.54, 1.807) is 0 Å². The first-order chi connectivity index (χ1) is 8.05. The van der Waals surface area contributed by atoms with Crippen LogP contribution in [0.2, 0.25) is 0 Å². The van der Waals surface area contributed by atoms with E-state index in [1.165, 1.54) is 0 Å². The summed E-state index contributed by atoms with van der Waals surface area (Å²) < 4.78 is 22.5. The molecule has 2 aliphatic heterocycles. The second-order valence-corrected chi connectivity index (χ2v) is 7.29. The molecular weight excluding hydrogens is 240 g/mol. The van der Waals surface area contributed by atoms with Crippen LogP contribution in [0.15, 0.2) is 0 Å². The maximum Gasteiger partial charge on any atom is 0.221 e. The summed E-state index contributed by atoms with van der Waals surface area (Å²) in [7, 11) is -2.84. The summed E-state index contributed by atoms with van der Waals surface area (Å²) in [4.78, 5) is 11.7. The smallest absolute Gasteiger partial charge is 0.221 e. The fraction of sp³-hybridized carbons (Fsp3) is 0.909. The van der Waals surface area contributed by atoms with Crippen molar-refractivity contribution in [3.8, 4) is 0 Å². The number of hydrogen-bond acceptors (Lipinski definition) is 4. The van der Waals surface area contributed by atoms with E-state index in [-0.39, 0.29) is 23.5 Å².